The lowest BCUT2D eigenvalue weighted by atomic mass is 9.99. The van der Waals surface area contributed by atoms with E-state index >= 15 is 0 Å². The summed E-state index contributed by atoms with van der Waals surface area (Å²) in [6, 6.07) is 3.37. The molecule has 74 valence electrons. The Labute approximate surface area is 82.1 Å². The predicted molar refractivity (Wildman–Crippen MR) is 54.1 cm³/mol. The first-order valence-electron chi connectivity index (χ1n) is 4.07. The molecule has 3 N–H and O–H groups in total. The van der Waals surface area contributed by atoms with E-state index in [0.717, 1.165) is 9.94 Å². The van der Waals surface area contributed by atoms with Crippen molar-refractivity contribution in [3.63, 3.8) is 0 Å². The summed E-state index contributed by atoms with van der Waals surface area (Å²) in [7, 11) is 1.62. The van der Waals surface area contributed by atoms with Crippen molar-refractivity contribution in [2.24, 2.45) is 5.73 Å². The van der Waals surface area contributed by atoms with Crippen molar-refractivity contribution in [3.8, 4) is 5.06 Å². The van der Waals surface area contributed by atoms with Gasteiger partial charge < -0.3 is 15.6 Å². The second kappa shape index (κ2) is 3.65. The third-order valence-electron chi connectivity index (χ3n) is 1.87. The summed E-state index contributed by atoms with van der Waals surface area (Å²) in [5, 5.41) is 10.5. The van der Waals surface area contributed by atoms with E-state index in [9.17, 15) is 5.11 Å². The molecule has 1 heterocycles. The van der Waals surface area contributed by atoms with Gasteiger partial charge in [-0.2, -0.15) is 0 Å². The minimum absolute atomic E-state index is 0.360. The van der Waals surface area contributed by atoms with Crippen LogP contribution in [0.3, 0.4) is 0 Å². The number of ether oxygens (including phenoxy) is 1. The molecule has 0 radical (unpaired) electrons. The van der Waals surface area contributed by atoms with Crippen molar-refractivity contribution in [3.05, 3.63) is 17.0 Å². The Kier molecular flexibility index (Phi) is 2.95. The fourth-order valence-corrected chi connectivity index (χ4v) is 1.96. The van der Waals surface area contributed by atoms with E-state index in [0.29, 0.717) is 0 Å². The van der Waals surface area contributed by atoms with Crippen molar-refractivity contribution < 1.29 is 9.84 Å². The van der Waals surface area contributed by atoms with Crippen LogP contribution >= 0.6 is 11.3 Å². The van der Waals surface area contributed by atoms with Crippen LogP contribution < -0.4 is 10.5 Å². The summed E-state index contributed by atoms with van der Waals surface area (Å²) >= 11 is 1.46. The molecule has 3 nitrogen and oxygen atoms in total. The van der Waals surface area contributed by atoms with Crippen LogP contribution in [0.15, 0.2) is 12.1 Å². The maximum absolute atomic E-state index is 9.66. The van der Waals surface area contributed by atoms with Crippen molar-refractivity contribution in [2.45, 2.75) is 25.5 Å². The van der Waals surface area contributed by atoms with Gasteiger partial charge in [0.05, 0.1) is 18.8 Å². The molecule has 1 rings (SSSR count). The van der Waals surface area contributed by atoms with E-state index in [4.69, 9.17) is 10.5 Å². The van der Waals surface area contributed by atoms with Gasteiger partial charge in [-0.3, -0.25) is 0 Å². The monoisotopic (exact) mass is 201 g/mol. The molecule has 0 aromatic carbocycles. The number of methoxy groups -OCH3 is 1. The number of thiophene rings is 1. The average molecular weight is 201 g/mol. The van der Waals surface area contributed by atoms with Crippen LogP contribution in [0.1, 0.15) is 24.8 Å². The zero-order valence-electron chi connectivity index (χ0n) is 8.07. The van der Waals surface area contributed by atoms with Crippen LogP contribution in [-0.4, -0.2) is 17.8 Å². The van der Waals surface area contributed by atoms with E-state index in [1.807, 2.05) is 12.1 Å². The topological polar surface area (TPSA) is 55.5 Å². The quantitative estimate of drug-likeness (QED) is 0.779. The predicted octanol–water partition coefficient (Wildman–Crippen LogP) is 1.53. The Balaban J connectivity index is 2.83. The fraction of sp³-hybridized carbons (Fsp3) is 0.556. The highest BCUT2D eigenvalue weighted by atomic mass is 32.1. The first-order valence-corrected chi connectivity index (χ1v) is 4.88. The first kappa shape index (κ1) is 10.5. The molecule has 0 spiro atoms. The molecule has 1 aromatic rings. The molecule has 0 bridgehead atoms. The van der Waals surface area contributed by atoms with Crippen LogP contribution in [0, 0.1) is 0 Å². The lowest BCUT2D eigenvalue weighted by Gasteiger charge is -2.24. The van der Waals surface area contributed by atoms with Gasteiger partial charge in [-0.1, -0.05) is 0 Å². The molecule has 1 unspecified atom stereocenters. The largest absolute Gasteiger partial charge is 0.487 e. The van der Waals surface area contributed by atoms with Gasteiger partial charge >= 0.3 is 0 Å². The molecule has 0 aliphatic rings. The number of hydrogen-bond acceptors (Lipinski definition) is 4. The Morgan fingerprint density at radius 2 is 2.15 bits per heavy atom. The number of rotatable bonds is 3. The summed E-state index contributed by atoms with van der Waals surface area (Å²) in [6.07, 6.45) is 0. The van der Waals surface area contributed by atoms with Gasteiger partial charge in [0.2, 0.25) is 0 Å². The van der Waals surface area contributed by atoms with Gasteiger partial charge in [-0.25, -0.2) is 0 Å². The Morgan fingerprint density at radius 3 is 2.54 bits per heavy atom. The van der Waals surface area contributed by atoms with Crippen LogP contribution in [0.4, 0.5) is 0 Å². The van der Waals surface area contributed by atoms with Gasteiger partial charge in [0.1, 0.15) is 0 Å². The highest BCUT2D eigenvalue weighted by molar-refractivity contribution is 7.13. The van der Waals surface area contributed by atoms with E-state index in [-0.39, 0.29) is 6.04 Å². The van der Waals surface area contributed by atoms with Crippen LogP contribution in [0.25, 0.3) is 0 Å². The average Bonchev–Trinajstić information content (AvgIpc) is 2.48. The van der Waals surface area contributed by atoms with Crippen molar-refractivity contribution >= 4 is 11.3 Å². The zero-order chi connectivity index (χ0) is 10.1. The van der Waals surface area contributed by atoms with Gasteiger partial charge in [0.25, 0.3) is 0 Å². The summed E-state index contributed by atoms with van der Waals surface area (Å²) in [6.45, 7) is 3.40. The third-order valence-corrected chi connectivity index (χ3v) is 3.00. The molecule has 0 amide bonds. The van der Waals surface area contributed by atoms with E-state index in [1.165, 1.54) is 11.3 Å². The van der Waals surface area contributed by atoms with Gasteiger partial charge in [-0.15, -0.1) is 11.3 Å². The SMILES string of the molecule is COc1ccc(C(N)C(C)(C)O)s1. The smallest absolute Gasteiger partial charge is 0.173 e. The second-order valence-corrected chi connectivity index (χ2v) is 4.57. The third kappa shape index (κ3) is 2.43. The maximum Gasteiger partial charge on any atom is 0.173 e. The minimum Gasteiger partial charge on any atom is -0.487 e. The Bertz CT molecular complexity index is 277. The molecular weight excluding hydrogens is 186 g/mol. The Hall–Kier alpha value is -0.580. The molecule has 0 aliphatic heterocycles. The van der Waals surface area contributed by atoms with Gasteiger partial charge in [0.15, 0.2) is 5.06 Å². The van der Waals surface area contributed by atoms with Crippen LogP contribution in [0.2, 0.25) is 0 Å². The summed E-state index contributed by atoms with van der Waals surface area (Å²) in [5.41, 5.74) is 4.95. The molecule has 0 aliphatic carbocycles. The number of hydrogen-bond donors (Lipinski definition) is 2. The standard InChI is InChI=1S/C9H15NO2S/c1-9(2,11)8(10)6-4-5-7(12-3)13-6/h4-5,8,11H,10H2,1-3H3. The van der Waals surface area contributed by atoms with Crippen LogP contribution in [-0.2, 0) is 0 Å². The molecule has 0 saturated carbocycles. The maximum atomic E-state index is 9.66. The van der Waals surface area contributed by atoms with Crippen LogP contribution in [0.5, 0.6) is 5.06 Å². The van der Waals surface area contributed by atoms with Crippen molar-refractivity contribution in [1.82, 2.24) is 0 Å². The van der Waals surface area contributed by atoms with E-state index in [2.05, 4.69) is 0 Å². The zero-order valence-corrected chi connectivity index (χ0v) is 8.89. The van der Waals surface area contributed by atoms with E-state index in [1.54, 1.807) is 21.0 Å². The minimum atomic E-state index is -0.893. The Morgan fingerprint density at radius 1 is 1.54 bits per heavy atom. The molecule has 0 saturated heterocycles. The molecule has 13 heavy (non-hydrogen) atoms. The molecular formula is C9H15NO2S. The number of aliphatic hydroxyl groups is 1. The molecule has 0 fully saturated rings. The van der Waals surface area contributed by atoms with E-state index < -0.39 is 5.60 Å². The fourth-order valence-electron chi connectivity index (χ4n) is 0.959. The van der Waals surface area contributed by atoms with Crippen molar-refractivity contribution in [1.29, 1.82) is 0 Å². The summed E-state index contributed by atoms with van der Waals surface area (Å²) in [5.74, 6) is 0. The normalized spacial score (nSPS) is 14.2. The van der Waals surface area contributed by atoms with Gasteiger partial charge in [0, 0.05) is 4.88 Å². The van der Waals surface area contributed by atoms with Gasteiger partial charge in [-0.05, 0) is 26.0 Å². The second-order valence-electron chi connectivity index (χ2n) is 3.49. The lowest BCUT2D eigenvalue weighted by molar-refractivity contribution is 0.0529. The number of nitrogens with two attached hydrogens (primary N) is 1. The highest BCUT2D eigenvalue weighted by Gasteiger charge is 2.25. The highest BCUT2D eigenvalue weighted by Crippen LogP contribution is 2.32. The summed E-state index contributed by atoms with van der Waals surface area (Å²) in [4.78, 5) is 0.935. The molecule has 1 aromatic heterocycles. The first-order chi connectivity index (χ1) is 5.95. The van der Waals surface area contributed by atoms with Crippen molar-refractivity contribution in [2.75, 3.05) is 7.11 Å². The molecule has 1 atom stereocenters. The summed E-state index contributed by atoms with van der Waals surface area (Å²) < 4.78 is 5.04. The lowest BCUT2D eigenvalue weighted by Crippen LogP contribution is -2.34. The molecule has 4 heteroatoms.